The van der Waals surface area contributed by atoms with Crippen LogP contribution in [-0.2, 0) is 0 Å². The second-order valence-electron chi connectivity index (χ2n) is 5.02. The van der Waals surface area contributed by atoms with E-state index in [0.717, 1.165) is 0 Å². The Labute approximate surface area is 103 Å². The Balaban J connectivity index is 2.87. The topological polar surface area (TPSA) is 29.3 Å². The molecule has 0 amide bonds. The number of rotatable bonds is 5. The summed E-state index contributed by atoms with van der Waals surface area (Å²) in [6.45, 7) is 9.68. The van der Waals surface area contributed by atoms with Crippen molar-refractivity contribution in [3.63, 3.8) is 0 Å². The summed E-state index contributed by atoms with van der Waals surface area (Å²) in [5, 5.41) is 2.13. The third-order valence-electron chi connectivity index (χ3n) is 4.00. The van der Waals surface area contributed by atoms with Gasteiger partial charge in [-0.1, -0.05) is 19.9 Å². The van der Waals surface area contributed by atoms with E-state index >= 15 is 0 Å². The molecule has 1 aromatic heterocycles. The Morgan fingerprint density at radius 3 is 2.44 bits per heavy atom. The maximum atomic E-state index is 5.96. The molecule has 1 aromatic rings. The highest BCUT2D eigenvalue weighted by atomic mass is 32.1. The molecular weight excluding hydrogens is 216 g/mol. The van der Waals surface area contributed by atoms with Crippen LogP contribution in [0, 0.1) is 5.92 Å². The first-order chi connectivity index (χ1) is 7.43. The largest absolute Gasteiger partial charge is 0.329 e. The van der Waals surface area contributed by atoms with E-state index in [9.17, 15) is 0 Å². The summed E-state index contributed by atoms with van der Waals surface area (Å²) in [6, 6.07) is 4.73. The van der Waals surface area contributed by atoms with Crippen LogP contribution in [0.1, 0.15) is 38.6 Å². The van der Waals surface area contributed by atoms with Crippen molar-refractivity contribution in [2.45, 2.75) is 39.3 Å². The molecule has 2 unspecified atom stereocenters. The van der Waals surface area contributed by atoms with Gasteiger partial charge in [-0.2, -0.15) is 0 Å². The Morgan fingerprint density at radius 2 is 2.06 bits per heavy atom. The van der Waals surface area contributed by atoms with E-state index < -0.39 is 0 Å². The predicted molar refractivity (Wildman–Crippen MR) is 72.8 cm³/mol. The minimum absolute atomic E-state index is 0.0589. The fourth-order valence-electron chi connectivity index (χ4n) is 1.95. The molecule has 1 rings (SSSR count). The van der Waals surface area contributed by atoms with Gasteiger partial charge in [-0.15, -0.1) is 11.3 Å². The minimum atomic E-state index is 0.0589. The van der Waals surface area contributed by atoms with Gasteiger partial charge in [0.05, 0.1) is 0 Å². The molecule has 92 valence electrons. The van der Waals surface area contributed by atoms with Crippen LogP contribution in [0.15, 0.2) is 17.5 Å². The minimum Gasteiger partial charge on any atom is -0.329 e. The zero-order valence-corrected chi connectivity index (χ0v) is 11.8. The molecular formula is C13H24N2S. The van der Waals surface area contributed by atoms with Crippen LogP contribution >= 0.6 is 11.3 Å². The quantitative estimate of drug-likeness (QED) is 0.857. The second-order valence-corrected chi connectivity index (χ2v) is 6.00. The highest BCUT2D eigenvalue weighted by Crippen LogP contribution is 2.32. The van der Waals surface area contributed by atoms with Gasteiger partial charge in [0, 0.05) is 23.0 Å². The summed E-state index contributed by atoms with van der Waals surface area (Å²) in [4.78, 5) is 3.81. The van der Waals surface area contributed by atoms with Gasteiger partial charge in [0.25, 0.3) is 0 Å². The molecule has 0 bridgehead atoms. The number of nitrogens with zero attached hydrogens (tertiary/aromatic N) is 1. The Bertz CT molecular complexity index is 308. The number of nitrogens with two attached hydrogens (primary N) is 1. The van der Waals surface area contributed by atoms with Gasteiger partial charge in [-0.25, -0.2) is 0 Å². The predicted octanol–water partition coefficient (Wildman–Crippen LogP) is 3.11. The van der Waals surface area contributed by atoms with Crippen LogP contribution in [0.25, 0.3) is 0 Å². The Morgan fingerprint density at radius 1 is 1.44 bits per heavy atom. The van der Waals surface area contributed by atoms with E-state index in [2.05, 4.69) is 57.2 Å². The summed E-state index contributed by atoms with van der Waals surface area (Å²) >= 11 is 1.82. The van der Waals surface area contributed by atoms with Crippen LogP contribution in [0.2, 0.25) is 0 Å². The Kier molecular flexibility index (Phi) is 4.53. The van der Waals surface area contributed by atoms with Gasteiger partial charge in [0.2, 0.25) is 0 Å². The molecule has 2 atom stereocenters. The summed E-state index contributed by atoms with van der Waals surface area (Å²) in [5.74, 6) is 0.546. The molecule has 0 saturated carbocycles. The molecule has 2 nitrogen and oxygen atoms in total. The van der Waals surface area contributed by atoms with E-state index in [4.69, 9.17) is 5.73 Å². The molecule has 1 heterocycles. The monoisotopic (exact) mass is 240 g/mol. The fraction of sp³-hybridized carbons (Fsp3) is 0.692. The third kappa shape index (κ3) is 2.47. The molecule has 0 spiro atoms. The molecule has 0 aliphatic rings. The van der Waals surface area contributed by atoms with E-state index in [1.807, 2.05) is 11.3 Å². The standard InChI is InChI=1S/C13H24N2S/c1-10(2)13(4,9-14)15(5)11(3)12-7-6-8-16-12/h6-8,10-11H,9,14H2,1-5H3. The molecule has 2 N–H and O–H groups in total. The van der Waals surface area contributed by atoms with Crippen LogP contribution in [0.3, 0.4) is 0 Å². The van der Waals surface area contributed by atoms with E-state index in [0.29, 0.717) is 18.5 Å². The van der Waals surface area contributed by atoms with Crippen molar-refractivity contribution in [2.24, 2.45) is 11.7 Å². The molecule has 0 radical (unpaired) electrons. The summed E-state index contributed by atoms with van der Waals surface area (Å²) in [5.41, 5.74) is 6.02. The maximum absolute atomic E-state index is 5.96. The summed E-state index contributed by atoms with van der Waals surface area (Å²) in [7, 11) is 2.18. The molecule has 0 aliphatic carbocycles. The highest BCUT2D eigenvalue weighted by molar-refractivity contribution is 7.10. The van der Waals surface area contributed by atoms with Crippen LogP contribution in [0.5, 0.6) is 0 Å². The van der Waals surface area contributed by atoms with Crippen molar-refractivity contribution < 1.29 is 0 Å². The van der Waals surface area contributed by atoms with Gasteiger partial charge in [-0.3, -0.25) is 4.90 Å². The van der Waals surface area contributed by atoms with Crippen molar-refractivity contribution in [3.05, 3.63) is 22.4 Å². The molecule has 0 aromatic carbocycles. The number of hydrogen-bond donors (Lipinski definition) is 1. The average Bonchev–Trinajstić information content (AvgIpc) is 2.79. The zero-order chi connectivity index (χ0) is 12.3. The van der Waals surface area contributed by atoms with Crippen molar-refractivity contribution in [1.29, 1.82) is 0 Å². The summed E-state index contributed by atoms with van der Waals surface area (Å²) in [6.07, 6.45) is 0. The first-order valence-corrected chi connectivity index (χ1v) is 6.78. The number of thiophene rings is 1. The summed E-state index contributed by atoms with van der Waals surface area (Å²) < 4.78 is 0. The number of likely N-dealkylation sites (N-methyl/N-ethyl adjacent to an activating group) is 1. The second kappa shape index (κ2) is 5.30. The lowest BCUT2D eigenvalue weighted by atomic mass is 9.86. The van der Waals surface area contributed by atoms with Crippen LogP contribution in [0.4, 0.5) is 0 Å². The Hall–Kier alpha value is -0.380. The first-order valence-electron chi connectivity index (χ1n) is 5.90. The molecule has 0 fully saturated rings. The van der Waals surface area contributed by atoms with Gasteiger partial charge >= 0.3 is 0 Å². The highest BCUT2D eigenvalue weighted by Gasteiger charge is 2.34. The molecule has 16 heavy (non-hydrogen) atoms. The van der Waals surface area contributed by atoms with E-state index in [1.54, 1.807) is 0 Å². The van der Waals surface area contributed by atoms with E-state index in [-0.39, 0.29) is 5.54 Å². The average molecular weight is 240 g/mol. The van der Waals surface area contributed by atoms with Crippen molar-refractivity contribution in [1.82, 2.24) is 4.90 Å². The maximum Gasteiger partial charge on any atom is 0.0416 e. The van der Waals surface area contributed by atoms with Crippen molar-refractivity contribution >= 4 is 11.3 Å². The lowest BCUT2D eigenvalue weighted by molar-refractivity contribution is 0.0602. The molecule has 3 heteroatoms. The third-order valence-corrected chi connectivity index (χ3v) is 5.04. The molecule has 0 saturated heterocycles. The van der Waals surface area contributed by atoms with Gasteiger partial charge < -0.3 is 5.73 Å². The zero-order valence-electron chi connectivity index (χ0n) is 11.0. The smallest absolute Gasteiger partial charge is 0.0416 e. The van der Waals surface area contributed by atoms with Crippen LogP contribution < -0.4 is 5.73 Å². The van der Waals surface area contributed by atoms with Gasteiger partial charge in [0.1, 0.15) is 0 Å². The van der Waals surface area contributed by atoms with E-state index in [1.165, 1.54) is 4.88 Å². The van der Waals surface area contributed by atoms with Gasteiger partial charge in [-0.05, 0) is 38.3 Å². The SMILES string of the molecule is CC(c1cccs1)N(C)C(C)(CN)C(C)C. The normalized spacial score (nSPS) is 17.8. The number of hydrogen-bond acceptors (Lipinski definition) is 3. The molecule has 0 aliphatic heterocycles. The first kappa shape index (κ1) is 13.7. The lowest BCUT2D eigenvalue weighted by Gasteiger charge is -2.44. The van der Waals surface area contributed by atoms with Crippen molar-refractivity contribution in [3.8, 4) is 0 Å². The van der Waals surface area contributed by atoms with Crippen molar-refractivity contribution in [2.75, 3.05) is 13.6 Å². The van der Waals surface area contributed by atoms with Crippen LogP contribution in [-0.4, -0.2) is 24.0 Å². The lowest BCUT2D eigenvalue weighted by Crippen LogP contribution is -2.54. The van der Waals surface area contributed by atoms with Gasteiger partial charge in [0.15, 0.2) is 0 Å². The fourth-order valence-corrected chi connectivity index (χ4v) is 2.78.